The van der Waals surface area contributed by atoms with Gasteiger partial charge in [-0.25, -0.2) is 0 Å². The first-order chi connectivity index (χ1) is 9.97. The lowest BCUT2D eigenvalue weighted by Gasteiger charge is -2.39. The predicted molar refractivity (Wildman–Crippen MR) is 92.4 cm³/mol. The van der Waals surface area contributed by atoms with Gasteiger partial charge >= 0.3 is 0 Å². The molecule has 1 aromatic rings. The van der Waals surface area contributed by atoms with E-state index in [4.69, 9.17) is 5.73 Å². The summed E-state index contributed by atoms with van der Waals surface area (Å²) in [5.41, 5.74) is 7.86. The molecule has 2 N–H and O–H groups in total. The molecular formula is C18H33N3. The maximum absolute atomic E-state index is 6.62. The van der Waals surface area contributed by atoms with Crippen LogP contribution in [0.25, 0.3) is 0 Å². The monoisotopic (exact) mass is 291 g/mol. The van der Waals surface area contributed by atoms with Crippen LogP contribution in [0.5, 0.6) is 0 Å². The molecule has 2 atom stereocenters. The number of likely N-dealkylation sites (N-methyl/N-ethyl adjacent to an activating group) is 1. The minimum atomic E-state index is 0.0694. The van der Waals surface area contributed by atoms with Crippen LogP contribution in [0, 0.1) is 5.92 Å². The zero-order chi connectivity index (χ0) is 15.8. The largest absolute Gasteiger partial charge is 0.323 e. The van der Waals surface area contributed by atoms with E-state index in [0.29, 0.717) is 12.0 Å². The predicted octanol–water partition coefficient (Wildman–Crippen LogP) is 2.98. The van der Waals surface area contributed by atoms with Crippen molar-refractivity contribution in [2.24, 2.45) is 11.7 Å². The summed E-state index contributed by atoms with van der Waals surface area (Å²) in [6.45, 7) is 10.1. The molecular weight excluding hydrogens is 258 g/mol. The Morgan fingerprint density at radius 3 is 2.10 bits per heavy atom. The molecule has 0 radical (unpaired) electrons. The third kappa shape index (κ3) is 5.77. The van der Waals surface area contributed by atoms with Gasteiger partial charge in [-0.1, -0.05) is 51.1 Å². The van der Waals surface area contributed by atoms with Crippen LogP contribution in [0.4, 0.5) is 0 Å². The molecule has 0 fully saturated rings. The summed E-state index contributed by atoms with van der Waals surface area (Å²) in [6, 6.07) is 11.0. The van der Waals surface area contributed by atoms with Crippen molar-refractivity contribution in [3.8, 4) is 0 Å². The zero-order valence-electron chi connectivity index (χ0n) is 14.4. The van der Waals surface area contributed by atoms with Gasteiger partial charge in [-0.2, -0.15) is 0 Å². The second-order valence-electron chi connectivity index (χ2n) is 6.51. The van der Waals surface area contributed by atoms with Crippen molar-refractivity contribution in [3.05, 3.63) is 35.9 Å². The van der Waals surface area contributed by atoms with Gasteiger partial charge < -0.3 is 10.6 Å². The fourth-order valence-electron chi connectivity index (χ4n) is 2.96. The fourth-order valence-corrected chi connectivity index (χ4v) is 2.96. The van der Waals surface area contributed by atoms with Crippen LogP contribution in [0.1, 0.15) is 38.8 Å². The molecule has 0 aliphatic carbocycles. The number of hydrogen-bond donors (Lipinski definition) is 1. The average molecular weight is 291 g/mol. The van der Waals surface area contributed by atoms with Gasteiger partial charge in [0.1, 0.15) is 0 Å². The van der Waals surface area contributed by atoms with Crippen LogP contribution in [0.3, 0.4) is 0 Å². The molecule has 120 valence electrons. The summed E-state index contributed by atoms with van der Waals surface area (Å²) in [4.78, 5) is 4.82. The third-order valence-corrected chi connectivity index (χ3v) is 4.00. The molecule has 0 saturated carbocycles. The van der Waals surface area contributed by atoms with E-state index in [1.807, 2.05) is 0 Å². The third-order valence-electron chi connectivity index (χ3n) is 4.00. The van der Waals surface area contributed by atoms with Crippen molar-refractivity contribution in [2.75, 3.05) is 33.7 Å². The first-order valence-corrected chi connectivity index (χ1v) is 8.16. The molecule has 1 rings (SSSR count). The Bertz CT molecular complexity index is 375. The van der Waals surface area contributed by atoms with E-state index in [9.17, 15) is 0 Å². The minimum Gasteiger partial charge on any atom is -0.323 e. The van der Waals surface area contributed by atoms with E-state index in [-0.39, 0.29) is 6.04 Å². The van der Waals surface area contributed by atoms with Crippen molar-refractivity contribution in [3.63, 3.8) is 0 Å². The Balaban J connectivity index is 2.90. The van der Waals surface area contributed by atoms with Crippen LogP contribution in [0.15, 0.2) is 30.3 Å². The number of nitrogens with two attached hydrogens (primary N) is 1. The zero-order valence-corrected chi connectivity index (χ0v) is 14.4. The minimum absolute atomic E-state index is 0.0694. The smallest absolute Gasteiger partial charge is 0.0455 e. The molecule has 0 aliphatic heterocycles. The Labute approximate surface area is 131 Å². The van der Waals surface area contributed by atoms with Crippen molar-refractivity contribution in [2.45, 2.75) is 39.3 Å². The highest BCUT2D eigenvalue weighted by atomic mass is 15.2. The van der Waals surface area contributed by atoms with E-state index in [2.05, 4.69) is 75.0 Å². The maximum Gasteiger partial charge on any atom is 0.0455 e. The van der Waals surface area contributed by atoms with E-state index < -0.39 is 0 Å². The van der Waals surface area contributed by atoms with E-state index >= 15 is 0 Å². The molecule has 3 nitrogen and oxygen atoms in total. The van der Waals surface area contributed by atoms with Crippen LogP contribution in [0.2, 0.25) is 0 Å². The number of rotatable bonds is 9. The van der Waals surface area contributed by atoms with E-state index in [1.165, 1.54) is 5.56 Å². The highest BCUT2D eigenvalue weighted by molar-refractivity contribution is 5.20. The molecule has 0 aromatic heterocycles. The second-order valence-corrected chi connectivity index (χ2v) is 6.51. The second kappa shape index (κ2) is 9.19. The summed E-state index contributed by atoms with van der Waals surface area (Å²) in [6.07, 6.45) is 1.16. The van der Waals surface area contributed by atoms with Gasteiger partial charge in [0.2, 0.25) is 0 Å². The summed E-state index contributed by atoms with van der Waals surface area (Å²) >= 11 is 0. The topological polar surface area (TPSA) is 32.5 Å². The first-order valence-electron chi connectivity index (χ1n) is 8.16. The van der Waals surface area contributed by atoms with Gasteiger partial charge in [0.25, 0.3) is 0 Å². The van der Waals surface area contributed by atoms with Crippen molar-refractivity contribution in [1.82, 2.24) is 9.80 Å². The van der Waals surface area contributed by atoms with Crippen molar-refractivity contribution in [1.29, 1.82) is 0 Å². The molecule has 21 heavy (non-hydrogen) atoms. The highest BCUT2D eigenvalue weighted by Gasteiger charge is 2.28. The molecule has 1 aromatic carbocycles. The van der Waals surface area contributed by atoms with Crippen molar-refractivity contribution >= 4 is 0 Å². The van der Waals surface area contributed by atoms with Gasteiger partial charge in [-0.15, -0.1) is 0 Å². The van der Waals surface area contributed by atoms with Gasteiger partial charge in [0.05, 0.1) is 0 Å². The SMILES string of the molecule is CCCN(CCN(C)C)C(C(C)C)C(N)c1ccccc1. The van der Waals surface area contributed by atoms with Gasteiger partial charge in [0.15, 0.2) is 0 Å². The lowest BCUT2D eigenvalue weighted by atomic mass is 9.90. The van der Waals surface area contributed by atoms with Crippen LogP contribution in [-0.2, 0) is 0 Å². The Morgan fingerprint density at radius 2 is 1.62 bits per heavy atom. The molecule has 0 saturated heterocycles. The van der Waals surface area contributed by atoms with Gasteiger partial charge in [0, 0.05) is 25.2 Å². The normalized spacial score (nSPS) is 14.9. The number of nitrogens with zero attached hydrogens (tertiary/aromatic N) is 2. The summed E-state index contributed by atoms with van der Waals surface area (Å²) < 4.78 is 0. The highest BCUT2D eigenvalue weighted by Crippen LogP contribution is 2.24. The standard InChI is InChI=1S/C18H33N3/c1-6-12-21(14-13-20(4)5)18(15(2)3)17(19)16-10-8-7-9-11-16/h7-11,15,17-18H,6,12-14,19H2,1-5H3. The molecule has 0 amide bonds. The average Bonchev–Trinajstić information content (AvgIpc) is 2.45. The summed E-state index contributed by atoms with van der Waals surface area (Å²) in [7, 11) is 4.26. The lowest BCUT2D eigenvalue weighted by molar-refractivity contribution is 0.120. The van der Waals surface area contributed by atoms with Gasteiger partial charge in [-0.05, 0) is 38.5 Å². The van der Waals surface area contributed by atoms with E-state index in [1.54, 1.807) is 0 Å². The Hall–Kier alpha value is -0.900. The van der Waals surface area contributed by atoms with E-state index in [0.717, 1.165) is 26.1 Å². The number of hydrogen-bond acceptors (Lipinski definition) is 3. The van der Waals surface area contributed by atoms with Crippen LogP contribution in [-0.4, -0.2) is 49.6 Å². The van der Waals surface area contributed by atoms with Gasteiger partial charge in [-0.3, -0.25) is 4.90 Å². The summed E-state index contributed by atoms with van der Waals surface area (Å²) in [5, 5.41) is 0. The molecule has 2 unspecified atom stereocenters. The fraction of sp³-hybridized carbons (Fsp3) is 0.667. The molecule has 0 spiro atoms. The quantitative estimate of drug-likeness (QED) is 0.759. The van der Waals surface area contributed by atoms with Crippen LogP contribution < -0.4 is 5.73 Å². The summed E-state index contributed by atoms with van der Waals surface area (Å²) in [5.74, 6) is 0.536. The first kappa shape index (κ1) is 18.1. The molecule has 3 heteroatoms. The molecule has 0 heterocycles. The lowest BCUT2D eigenvalue weighted by Crippen LogP contribution is -2.48. The molecule has 0 bridgehead atoms. The molecule has 0 aliphatic rings. The number of benzene rings is 1. The Kier molecular flexibility index (Phi) is 7.94. The van der Waals surface area contributed by atoms with Crippen molar-refractivity contribution < 1.29 is 0 Å². The van der Waals surface area contributed by atoms with Crippen LogP contribution >= 0.6 is 0 Å². The Morgan fingerprint density at radius 1 is 1.00 bits per heavy atom. The maximum atomic E-state index is 6.62.